The monoisotopic (exact) mass is 269 g/mol. The molecule has 0 atom stereocenters. The van der Waals surface area contributed by atoms with E-state index in [1.807, 2.05) is 31.2 Å². The molecule has 0 radical (unpaired) electrons. The minimum atomic E-state index is -1.18. The second-order valence-electron chi connectivity index (χ2n) is 4.34. The normalized spacial score (nSPS) is 10.8. The Kier molecular flexibility index (Phi) is 2.60. The maximum absolute atomic E-state index is 11.0. The van der Waals surface area contributed by atoms with E-state index in [1.165, 1.54) is 10.9 Å². The van der Waals surface area contributed by atoms with Gasteiger partial charge in [0, 0.05) is 10.8 Å². The quantitative estimate of drug-likeness (QED) is 0.728. The molecule has 0 saturated carbocycles. The van der Waals surface area contributed by atoms with Crippen LogP contribution >= 0.6 is 0 Å². The van der Waals surface area contributed by atoms with Crippen LogP contribution in [0.1, 0.15) is 16.2 Å². The largest absolute Gasteiger partial charge is 0.476 e. The van der Waals surface area contributed by atoms with Crippen LogP contribution in [-0.2, 0) is 0 Å². The molecule has 0 aliphatic rings. The second-order valence-corrected chi connectivity index (χ2v) is 4.34. The van der Waals surface area contributed by atoms with Crippen LogP contribution in [0.3, 0.4) is 0 Å². The summed E-state index contributed by atoms with van der Waals surface area (Å²) in [5.41, 5.74) is 6.32. The van der Waals surface area contributed by atoms with Crippen molar-refractivity contribution in [1.82, 2.24) is 20.0 Å². The van der Waals surface area contributed by atoms with Gasteiger partial charge in [-0.25, -0.2) is 9.48 Å². The third-order valence-electron chi connectivity index (χ3n) is 3.01. The highest BCUT2D eigenvalue weighted by molar-refractivity contribution is 5.92. The van der Waals surface area contributed by atoms with Crippen molar-refractivity contribution in [3.05, 3.63) is 41.9 Å². The molecule has 7 nitrogen and oxygen atoms in total. The molecule has 0 amide bonds. The Labute approximate surface area is 113 Å². The summed E-state index contributed by atoms with van der Waals surface area (Å²) in [6.45, 7) is 1.86. The van der Waals surface area contributed by atoms with Gasteiger partial charge in [-0.2, -0.15) is 10.2 Å². The zero-order chi connectivity index (χ0) is 14.3. The maximum Gasteiger partial charge on any atom is 0.358 e. The Morgan fingerprint density at radius 3 is 2.60 bits per heavy atom. The van der Waals surface area contributed by atoms with E-state index < -0.39 is 5.97 Å². The Balaban J connectivity index is 2.28. The van der Waals surface area contributed by atoms with Crippen molar-refractivity contribution < 1.29 is 9.90 Å². The molecule has 1 aromatic carbocycles. The fourth-order valence-corrected chi connectivity index (χ4v) is 2.05. The van der Waals surface area contributed by atoms with Gasteiger partial charge in [0.1, 0.15) is 0 Å². The smallest absolute Gasteiger partial charge is 0.358 e. The van der Waals surface area contributed by atoms with E-state index in [0.29, 0.717) is 5.82 Å². The summed E-state index contributed by atoms with van der Waals surface area (Å²) < 4.78 is 1.34. The summed E-state index contributed by atoms with van der Waals surface area (Å²) in [7, 11) is 0. The van der Waals surface area contributed by atoms with Crippen LogP contribution in [-0.4, -0.2) is 31.1 Å². The number of hydrogen-bond donors (Lipinski definition) is 2. The van der Waals surface area contributed by atoms with Crippen LogP contribution in [0.4, 0.5) is 5.69 Å². The van der Waals surface area contributed by atoms with Crippen LogP contribution < -0.4 is 5.73 Å². The Bertz CT molecular complexity index is 825. The number of nitrogens with zero attached hydrogens (tertiary/aromatic N) is 4. The topological polar surface area (TPSA) is 107 Å². The summed E-state index contributed by atoms with van der Waals surface area (Å²) >= 11 is 0. The molecule has 7 heteroatoms. The average molecular weight is 269 g/mol. The molecule has 0 bridgehead atoms. The molecule has 2 aromatic heterocycles. The van der Waals surface area contributed by atoms with Gasteiger partial charge in [-0.3, -0.25) is 0 Å². The first-order valence-electron chi connectivity index (χ1n) is 5.89. The van der Waals surface area contributed by atoms with Crippen molar-refractivity contribution in [2.45, 2.75) is 6.92 Å². The molecule has 3 rings (SSSR count). The fraction of sp³-hybridized carbons (Fsp3) is 0.0769. The summed E-state index contributed by atoms with van der Waals surface area (Å²) in [6.07, 6.45) is 1.43. The Morgan fingerprint density at radius 2 is 1.95 bits per heavy atom. The standard InChI is InChI=1S/C13H11N5O2/c1-7-8-4-2-3-5-9(8)12(16-15-7)18-6-10(14)11(17-18)13(19)20/h2-6H,14H2,1H3,(H,19,20). The highest BCUT2D eigenvalue weighted by Gasteiger charge is 2.16. The number of carbonyl (C=O) groups is 1. The number of nitrogens with two attached hydrogens (primary N) is 1. The number of benzene rings is 1. The van der Waals surface area contributed by atoms with E-state index in [2.05, 4.69) is 15.3 Å². The van der Waals surface area contributed by atoms with Crippen molar-refractivity contribution in [2.75, 3.05) is 5.73 Å². The zero-order valence-corrected chi connectivity index (χ0v) is 10.6. The van der Waals surface area contributed by atoms with Crippen molar-refractivity contribution in [1.29, 1.82) is 0 Å². The second kappa shape index (κ2) is 4.30. The molecule has 0 unspecified atom stereocenters. The van der Waals surface area contributed by atoms with Crippen molar-refractivity contribution >= 4 is 22.4 Å². The number of aromatic carboxylic acids is 1. The maximum atomic E-state index is 11.0. The first-order chi connectivity index (χ1) is 9.58. The SMILES string of the molecule is Cc1nnc(-n2cc(N)c(C(=O)O)n2)c2ccccc12. The van der Waals surface area contributed by atoms with Gasteiger partial charge in [-0.1, -0.05) is 24.3 Å². The summed E-state index contributed by atoms with van der Waals surface area (Å²) in [4.78, 5) is 11.0. The third kappa shape index (κ3) is 1.76. The van der Waals surface area contributed by atoms with Gasteiger partial charge in [0.15, 0.2) is 11.5 Å². The van der Waals surface area contributed by atoms with Crippen LogP contribution in [0.25, 0.3) is 16.6 Å². The minimum Gasteiger partial charge on any atom is -0.476 e. The number of fused-ring (bicyclic) bond motifs is 1. The molecule has 0 fully saturated rings. The van der Waals surface area contributed by atoms with Crippen LogP contribution in [0.2, 0.25) is 0 Å². The zero-order valence-electron chi connectivity index (χ0n) is 10.6. The lowest BCUT2D eigenvalue weighted by molar-refractivity contribution is 0.0691. The molecule has 100 valence electrons. The highest BCUT2D eigenvalue weighted by atomic mass is 16.4. The van der Waals surface area contributed by atoms with Gasteiger partial charge in [-0.05, 0) is 6.92 Å². The third-order valence-corrected chi connectivity index (χ3v) is 3.01. The van der Waals surface area contributed by atoms with Crippen LogP contribution in [0, 0.1) is 6.92 Å². The molecule has 0 spiro atoms. The van der Waals surface area contributed by atoms with Crippen molar-refractivity contribution in [2.24, 2.45) is 0 Å². The Morgan fingerprint density at radius 1 is 1.25 bits per heavy atom. The highest BCUT2D eigenvalue weighted by Crippen LogP contribution is 2.22. The van der Waals surface area contributed by atoms with Gasteiger partial charge in [0.25, 0.3) is 0 Å². The molecular weight excluding hydrogens is 258 g/mol. The molecule has 3 aromatic rings. The number of aryl methyl sites for hydroxylation is 1. The molecule has 2 heterocycles. The van der Waals surface area contributed by atoms with E-state index in [4.69, 9.17) is 10.8 Å². The first-order valence-corrected chi connectivity index (χ1v) is 5.89. The molecule has 0 aliphatic heterocycles. The lowest BCUT2D eigenvalue weighted by Crippen LogP contribution is -2.05. The summed E-state index contributed by atoms with van der Waals surface area (Å²) in [5, 5.41) is 22.9. The number of carboxylic acid groups (broad SMARTS) is 1. The van der Waals surface area contributed by atoms with E-state index in [1.54, 1.807) is 0 Å². The number of nitrogen functional groups attached to an aromatic ring is 1. The van der Waals surface area contributed by atoms with E-state index >= 15 is 0 Å². The number of rotatable bonds is 2. The van der Waals surface area contributed by atoms with Gasteiger partial charge in [0.05, 0.1) is 17.6 Å². The van der Waals surface area contributed by atoms with Crippen molar-refractivity contribution in [3.63, 3.8) is 0 Å². The minimum absolute atomic E-state index is 0.0870. The molecule has 0 aliphatic carbocycles. The predicted molar refractivity (Wildman–Crippen MR) is 72.8 cm³/mol. The summed E-state index contributed by atoms with van der Waals surface area (Å²) in [6, 6.07) is 7.58. The van der Waals surface area contributed by atoms with Gasteiger partial charge in [0.2, 0.25) is 0 Å². The molecule has 3 N–H and O–H groups in total. The van der Waals surface area contributed by atoms with Crippen LogP contribution in [0.5, 0.6) is 0 Å². The van der Waals surface area contributed by atoms with E-state index in [0.717, 1.165) is 16.5 Å². The number of anilines is 1. The predicted octanol–water partition coefficient (Wildman–Crippen LogP) is 1.40. The van der Waals surface area contributed by atoms with Crippen molar-refractivity contribution in [3.8, 4) is 5.82 Å². The lowest BCUT2D eigenvalue weighted by Gasteiger charge is -2.06. The Hall–Kier alpha value is -2.96. The van der Waals surface area contributed by atoms with E-state index in [9.17, 15) is 4.79 Å². The number of carboxylic acids is 1. The van der Waals surface area contributed by atoms with Gasteiger partial charge < -0.3 is 10.8 Å². The first kappa shape index (κ1) is 12.1. The average Bonchev–Trinajstić information content (AvgIpc) is 2.81. The molecular formula is C13H11N5O2. The number of aromatic nitrogens is 4. The number of hydrogen-bond acceptors (Lipinski definition) is 5. The van der Waals surface area contributed by atoms with Gasteiger partial charge in [-0.15, -0.1) is 5.10 Å². The van der Waals surface area contributed by atoms with Crippen LogP contribution in [0.15, 0.2) is 30.5 Å². The fourth-order valence-electron chi connectivity index (χ4n) is 2.05. The lowest BCUT2D eigenvalue weighted by atomic mass is 10.1. The van der Waals surface area contributed by atoms with Gasteiger partial charge >= 0.3 is 5.97 Å². The summed E-state index contributed by atoms with van der Waals surface area (Å²) in [5.74, 6) is -0.726. The molecule has 20 heavy (non-hydrogen) atoms. The van der Waals surface area contributed by atoms with E-state index in [-0.39, 0.29) is 11.4 Å². The molecule has 0 saturated heterocycles.